The van der Waals surface area contributed by atoms with E-state index in [4.69, 9.17) is 4.42 Å². The highest BCUT2D eigenvalue weighted by molar-refractivity contribution is 7.13. The summed E-state index contributed by atoms with van der Waals surface area (Å²) in [6.07, 6.45) is 4.07. The van der Waals surface area contributed by atoms with Crippen LogP contribution in [-0.2, 0) is 6.54 Å². The zero-order chi connectivity index (χ0) is 18.9. The number of benzene rings is 1. The highest BCUT2D eigenvalue weighted by atomic mass is 32.1. The van der Waals surface area contributed by atoms with Crippen molar-refractivity contribution in [3.05, 3.63) is 59.2 Å². The van der Waals surface area contributed by atoms with E-state index in [1.807, 2.05) is 24.7 Å². The first-order chi connectivity index (χ1) is 13.8. The molecule has 6 nitrogen and oxygen atoms in total. The molecule has 1 atom stereocenters. The van der Waals surface area contributed by atoms with Crippen molar-refractivity contribution >= 4 is 22.2 Å². The van der Waals surface area contributed by atoms with Crippen LogP contribution in [0.1, 0.15) is 35.9 Å². The van der Waals surface area contributed by atoms with E-state index in [9.17, 15) is 0 Å². The van der Waals surface area contributed by atoms with Crippen LogP contribution in [-0.4, -0.2) is 38.2 Å². The molecule has 4 aromatic rings. The molecule has 7 heteroatoms. The third-order valence-electron chi connectivity index (χ3n) is 5.35. The van der Waals surface area contributed by atoms with Gasteiger partial charge in [0.25, 0.3) is 5.89 Å². The quantitative estimate of drug-likeness (QED) is 0.513. The topological polar surface area (TPSA) is 67.9 Å². The molecule has 1 aliphatic heterocycles. The molecule has 0 amide bonds. The Labute approximate surface area is 167 Å². The number of likely N-dealkylation sites (tertiary alicyclic amines) is 1. The van der Waals surface area contributed by atoms with Crippen LogP contribution in [0.5, 0.6) is 0 Å². The third-order valence-corrected chi connectivity index (χ3v) is 6.26. The number of rotatable bonds is 4. The second-order valence-corrected chi connectivity index (χ2v) is 8.13. The first-order valence-electron chi connectivity index (χ1n) is 9.57. The summed E-state index contributed by atoms with van der Waals surface area (Å²) in [6.45, 7) is 4.86. The second kappa shape index (κ2) is 7.41. The molecule has 0 bridgehead atoms. The number of thiazole rings is 1. The Morgan fingerprint density at radius 1 is 1.18 bits per heavy atom. The summed E-state index contributed by atoms with van der Waals surface area (Å²) in [5.41, 5.74) is 5.11. The summed E-state index contributed by atoms with van der Waals surface area (Å²) in [4.78, 5) is 12.3. The zero-order valence-corrected chi connectivity index (χ0v) is 16.5. The van der Waals surface area contributed by atoms with Crippen LogP contribution in [0.4, 0.5) is 0 Å². The Morgan fingerprint density at radius 3 is 3.00 bits per heavy atom. The van der Waals surface area contributed by atoms with Gasteiger partial charge in [-0.2, -0.15) is 0 Å². The summed E-state index contributed by atoms with van der Waals surface area (Å²) in [7, 11) is 0. The van der Waals surface area contributed by atoms with E-state index in [1.54, 1.807) is 11.3 Å². The smallest absolute Gasteiger partial charge is 0.259 e. The van der Waals surface area contributed by atoms with Gasteiger partial charge in [-0.1, -0.05) is 24.3 Å². The molecule has 1 saturated heterocycles. The second-order valence-electron chi connectivity index (χ2n) is 7.28. The van der Waals surface area contributed by atoms with Crippen molar-refractivity contribution in [1.82, 2.24) is 25.1 Å². The molecule has 1 fully saturated rings. The molecule has 1 aromatic carbocycles. The highest BCUT2D eigenvalue weighted by Gasteiger charge is 2.27. The van der Waals surface area contributed by atoms with E-state index in [0.717, 1.165) is 54.5 Å². The SMILES string of the molecule is Cc1ncsc1-c1nnc([C@H]2CCCN(Cc3cccc4cccnc34)C2)o1. The van der Waals surface area contributed by atoms with Crippen LogP contribution in [0.25, 0.3) is 21.7 Å². The fourth-order valence-electron chi connectivity index (χ4n) is 3.94. The first-order valence-corrected chi connectivity index (χ1v) is 10.4. The van der Waals surface area contributed by atoms with Crippen LogP contribution < -0.4 is 0 Å². The van der Waals surface area contributed by atoms with Gasteiger partial charge in [0.05, 0.1) is 22.6 Å². The summed E-state index contributed by atoms with van der Waals surface area (Å²) < 4.78 is 6.03. The Balaban J connectivity index is 1.34. The van der Waals surface area contributed by atoms with Crippen molar-refractivity contribution in [2.45, 2.75) is 32.2 Å². The van der Waals surface area contributed by atoms with E-state index in [-0.39, 0.29) is 5.92 Å². The lowest BCUT2D eigenvalue weighted by Crippen LogP contribution is -2.34. The number of para-hydroxylation sites is 1. The molecule has 0 radical (unpaired) electrons. The van der Waals surface area contributed by atoms with Gasteiger partial charge < -0.3 is 4.42 Å². The lowest BCUT2D eigenvalue weighted by molar-refractivity contribution is 0.187. The number of fused-ring (bicyclic) bond motifs is 1. The predicted molar refractivity (Wildman–Crippen MR) is 109 cm³/mol. The predicted octanol–water partition coefficient (Wildman–Crippen LogP) is 4.43. The van der Waals surface area contributed by atoms with Crippen molar-refractivity contribution in [2.24, 2.45) is 0 Å². The number of aryl methyl sites for hydroxylation is 1. The van der Waals surface area contributed by atoms with Gasteiger partial charge in [-0.3, -0.25) is 9.88 Å². The molecular formula is C21H21N5OS. The molecular weight excluding hydrogens is 370 g/mol. The molecule has 28 heavy (non-hydrogen) atoms. The summed E-state index contributed by atoms with van der Waals surface area (Å²) in [5.74, 6) is 1.60. The molecule has 0 aliphatic carbocycles. The minimum absolute atomic E-state index is 0.270. The molecule has 142 valence electrons. The largest absolute Gasteiger partial charge is 0.419 e. The number of piperidine rings is 1. The van der Waals surface area contributed by atoms with Crippen LogP contribution in [0.3, 0.4) is 0 Å². The van der Waals surface area contributed by atoms with Gasteiger partial charge in [0.15, 0.2) is 0 Å². The average Bonchev–Trinajstić information content (AvgIpc) is 3.37. The molecule has 3 aromatic heterocycles. The third kappa shape index (κ3) is 3.31. The Hall–Kier alpha value is -2.64. The minimum Gasteiger partial charge on any atom is -0.419 e. The van der Waals surface area contributed by atoms with Gasteiger partial charge in [0.1, 0.15) is 4.88 Å². The highest BCUT2D eigenvalue weighted by Crippen LogP contribution is 2.31. The first kappa shape index (κ1) is 17.5. The molecule has 4 heterocycles. The van der Waals surface area contributed by atoms with Crippen molar-refractivity contribution in [3.8, 4) is 10.8 Å². The van der Waals surface area contributed by atoms with E-state index in [0.29, 0.717) is 5.89 Å². The fraction of sp³-hybridized carbons (Fsp3) is 0.333. The Bertz CT molecular complexity index is 1100. The van der Waals surface area contributed by atoms with Crippen LogP contribution in [0.15, 0.2) is 46.5 Å². The number of hydrogen-bond acceptors (Lipinski definition) is 7. The number of hydrogen-bond donors (Lipinski definition) is 0. The van der Waals surface area contributed by atoms with Gasteiger partial charge in [-0.05, 0) is 37.9 Å². The maximum Gasteiger partial charge on any atom is 0.259 e. The van der Waals surface area contributed by atoms with Crippen molar-refractivity contribution in [1.29, 1.82) is 0 Å². The monoisotopic (exact) mass is 391 g/mol. The fourth-order valence-corrected chi connectivity index (χ4v) is 4.66. The van der Waals surface area contributed by atoms with Gasteiger partial charge in [0.2, 0.25) is 5.89 Å². The average molecular weight is 392 g/mol. The Kier molecular flexibility index (Phi) is 4.62. The number of nitrogens with zero attached hydrogens (tertiary/aromatic N) is 5. The lowest BCUT2D eigenvalue weighted by Gasteiger charge is -2.31. The molecule has 0 unspecified atom stereocenters. The van der Waals surface area contributed by atoms with E-state index in [2.05, 4.69) is 49.3 Å². The van der Waals surface area contributed by atoms with Gasteiger partial charge >= 0.3 is 0 Å². The molecule has 0 saturated carbocycles. The lowest BCUT2D eigenvalue weighted by atomic mass is 9.97. The van der Waals surface area contributed by atoms with E-state index in [1.165, 1.54) is 10.9 Å². The minimum atomic E-state index is 0.270. The molecule has 5 rings (SSSR count). The standard InChI is InChI=1S/C21H21N5OS/c1-14-19(28-13-23-14)21-25-24-20(27-21)17-8-4-10-26(12-17)11-16-6-2-5-15-7-3-9-22-18(15)16/h2-3,5-7,9,13,17H,4,8,10-12H2,1H3/t17-/m0/s1. The number of aromatic nitrogens is 4. The van der Waals surface area contributed by atoms with Crippen LogP contribution >= 0.6 is 11.3 Å². The zero-order valence-electron chi connectivity index (χ0n) is 15.7. The van der Waals surface area contributed by atoms with Crippen LogP contribution in [0.2, 0.25) is 0 Å². The Morgan fingerprint density at radius 2 is 2.11 bits per heavy atom. The molecule has 0 N–H and O–H groups in total. The van der Waals surface area contributed by atoms with Crippen LogP contribution in [0, 0.1) is 6.92 Å². The summed E-state index contributed by atoms with van der Waals surface area (Å²) in [5, 5.41) is 9.81. The van der Waals surface area contributed by atoms with Gasteiger partial charge in [-0.25, -0.2) is 4.98 Å². The summed E-state index contributed by atoms with van der Waals surface area (Å²) in [6, 6.07) is 10.5. The normalized spacial score (nSPS) is 18.0. The molecule has 0 spiro atoms. The van der Waals surface area contributed by atoms with E-state index < -0.39 is 0 Å². The maximum atomic E-state index is 6.03. The summed E-state index contributed by atoms with van der Waals surface area (Å²) >= 11 is 1.54. The van der Waals surface area contributed by atoms with Crippen molar-refractivity contribution in [3.63, 3.8) is 0 Å². The molecule has 1 aliphatic rings. The maximum absolute atomic E-state index is 6.03. The van der Waals surface area contributed by atoms with Gasteiger partial charge in [-0.15, -0.1) is 21.5 Å². The number of pyridine rings is 1. The van der Waals surface area contributed by atoms with E-state index >= 15 is 0 Å². The van der Waals surface area contributed by atoms with Gasteiger partial charge in [0, 0.05) is 24.7 Å². The van der Waals surface area contributed by atoms with Crippen molar-refractivity contribution < 1.29 is 4.42 Å². The van der Waals surface area contributed by atoms with Crippen molar-refractivity contribution in [2.75, 3.05) is 13.1 Å².